The van der Waals surface area contributed by atoms with E-state index in [9.17, 15) is 9.90 Å². The molecule has 0 aromatic heterocycles. The van der Waals surface area contributed by atoms with Gasteiger partial charge in [-0.1, -0.05) is 32.4 Å². The summed E-state index contributed by atoms with van der Waals surface area (Å²) in [6, 6.07) is 10.4. The molecule has 0 spiro atoms. The smallest absolute Gasteiger partial charge is 0.338 e. The van der Waals surface area contributed by atoms with Crippen molar-refractivity contribution in [3.05, 3.63) is 42.0 Å². The monoisotopic (exact) mass is 272 g/mol. The standard InChI is InChI=1S/C17H20O3/c1-3-4-12(2)11-20-17(19)15-6-5-14-10-16(18)8-7-13(14)9-15/h5-10,12,18H,3-4,11H2,1-2H3. The SMILES string of the molecule is CCCC(C)COC(=O)c1ccc2cc(O)ccc2c1. The lowest BCUT2D eigenvalue weighted by Gasteiger charge is -2.11. The zero-order valence-electron chi connectivity index (χ0n) is 11.9. The normalized spacial score (nSPS) is 12.3. The van der Waals surface area contributed by atoms with Crippen molar-refractivity contribution >= 4 is 16.7 Å². The number of esters is 1. The molecule has 106 valence electrons. The molecule has 0 fully saturated rings. The van der Waals surface area contributed by atoms with Gasteiger partial charge in [-0.15, -0.1) is 0 Å². The second kappa shape index (κ2) is 6.42. The molecular formula is C17H20O3. The van der Waals surface area contributed by atoms with Gasteiger partial charge in [-0.25, -0.2) is 4.79 Å². The quantitative estimate of drug-likeness (QED) is 0.832. The number of fused-ring (bicyclic) bond motifs is 1. The molecule has 3 heteroatoms. The first-order valence-electron chi connectivity index (χ1n) is 7.00. The number of ether oxygens (including phenoxy) is 1. The van der Waals surface area contributed by atoms with Crippen molar-refractivity contribution in [2.24, 2.45) is 5.92 Å². The minimum Gasteiger partial charge on any atom is -0.508 e. The van der Waals surface area contributed by atoms with E-state index in [1.54, 1.807) is 30.3 Å². The molecule has 0 saturated carbocycles. The third-order valence-corrected chi connectivity index (χ3v) is 3.34. The molecule has 0 aliphatic rings. The van der Waals surface area contributed by atoms with Crippen LogP contribution in [-0.4, -0.2) is 17.7 Å². The van der Waals surface area contributed by atoms with Crippen LogP contribution >= 0.6 is 0 Å². The number of carbonyl (C=O) groups is 1. The number of hydrogen-bond acceptors (Lipinski definition) is 3. The summed E-state index contributed by atoms with van der Waals surface area (Å²) in [6.07, 6.45) is 2.16. The van der Waals surface area contributed by atoms with Crippen LogP contribution in [-0.2, 0) is 4.74 Å². The van der Waals surface area contributed by atoms with Gasteiger partial charge in [0.25, 0.3) is 0 Å². The molecule has 2 rings (SSSR count). The lowest BCUT2D eigenvalue weighted by atomic mass is 10.1. The fourth-order valence-electron chi connectivity index (χ4n) is 2.24. The largest absolute Gasteiger partial charge is 0.508 e. The van der Waals surface area contributed by atoms with Crippen molar-refractivity contribution in [3.63, 3.8) is 0 Å². The summed E-state index contributed by atoms with van der Waals surface area (Å²) in [5.41, 5.74) is 0.548. The van der Waals surface area contributed by atoms with Gasteiger partial charge in [0.15, 0.2) is 0 Å². The minimum absolute atomic E-state index is 0.223. The maximum absolute atomic E-state index is 12.0. The average Bonchev–Trinajstić information content (AvgIpc) is 2.44. The van der Waals surface area contributed by atoms with Crippen LogP contribution in [0.3, 0.4) is 0 Å². The first-order valence-corrected chi connectivity index (χ1v) is 7.00. The van der Waals surface area contributed by atoms with Crippen LogP contribution in [0, 0.1) is 5.92 Å². The van der Waals surface area contributed by atoms with E-state index in [0.717, 1.165) is 23.6 Å². The third-order valence-electron chi connectivity index (χ3n) is 3.34. The molecule has 1 atom stereocenters. The van der Waals surface area contributed by atoms with Crippen molar-refractivity contribution in [3.8, 4) is 5.75 Å². The van der Waals surface area contributed by atoms with Gasteiger partial charge in [0, 0.05) is 0 Å². The summed E-state index contributed by atoms with van der Waals surface area (Å²) < 4.78 is 5.33. The number of benzene rings is 2. The second-order valence-corrected chi connectivity index (χ2v) is 5.24. The zero-order chi connectivity index (χ0) is 14.5. The number of phenols is 1. The fourth-order valence-corrected chi connectivity index (χ4v) is 2.24. The van der Waals surface area contributed by atoms with Crippen LogP contribution in [0.5, 0.6) is 5.75 Å². The molecule has 0 saturated heterocycles. The predicted molar refractivity (Wildman–Crippen MR) is 80.0 cm³/mol. The van der Waals surface area contributed by atoms with Crippen LogP contribution in [0.2, 0.25) is 0 Å². The highest BCUT2D eigenvalue weighted by molar-refractivity contribution is 5.95. The van der Waals surface area contributed by atoms with E-state index in [-0.39, 0.29) is 11.7 Å². The summed E-state index contributed by atoms with van der Waals surface area (Å²) in [6.45, 7) is 4.66. The highest BCUT2D eigenvalue weighted by Crippen LogP contribution is 2.21. The molecule has 2 aromatic rings. The van der Waals surface area contributed by atoms with E-state index in [1.807, 2.05) is 6.07 Å². The Morgan fingerprint density at radius 3 is 2.65 bits per heavy atom. The second-order valence-electron chi connectivity index (χ2n) is 5.24. The lowest BCUT2D eigenvalue weighted by Crippen LogP contribution is -2.12. The fraction of sp³-hybridized carbons (Fsp3) is 0.353. The van der Waals surface area contributed by atoms with Gasteiger partial charge in [0.2, 0.25) is 0 Å². The topological polar surface area (TPSA) is 46.5 Å². The Labute approximate surface area is 119 Å². The van der Waals surface area contributed by atoms with Crippen molar-refractivity contribution in [1.82, 2.24) is 0 Å². The van der Waals surface area contributed by atoms with E-state index in [4.69, 9.17) is 4.74 Å². The first-order chi connectivity index (χ1) is 9.60. The van der Waals surface area contributed by atoms with E-state index >= 15 is 0 Å². The van der Waals surface area contributed by atoms with Crippen LogP contribution in [0.4, 0.5) is 0 Å². The summed E-state index contributed by atoms with van der Waals surface area (Å²) in [5.74, 6) is 0.325. The van der Waals surface area contributed by atoms with Gasteiger partial charge < -0.3 is 9.84 Å². The van der Waals surface area contributed by atoms with Gasteiger partial charge in [0.1, 0.15) is 5.75 Å². The van der Waals surface area contributed by atoms with Crippen LogP contribution < -0.4 is 0 Å². The van der Waals surface area contributed by atoms with Gasteiger partial charge in [0.05, 0.1) is 12.2 Å². The maximum atomic E-state index is 12.0. The molecule has 1 unspecified atom stereocenters. The number of hydrogen-bond donors (Lipinski definition) is 1. The highest BCUT2D eigenvalue weighted by atomic mass is 16.5. The number of rotatable bonds is 5. The van der Waals surface area contributed by atoms with Gasteiger partial charge in [-0.2, -0.15) is 0 Å². The van der Waals surface area contributed by atoms with Crippen molar-refractivity contribution < 1.29 is 14.6 Å². The highest BCUT2D eigenvalue weighted by Gasteiger charge is 2.10. The minimum atomic E-state index is -0.289. The van der Waals surface area contributed by atoms with E-state index in [2.05, 4.69) is 13.8 Å². The molecule has 0 amide bonds. The zero-order valence-corrected chi connectivity index (χ0v) is 11.9. The molecule has 0 bridgehead atoms. The van der Waals surface area contributed by atoms with Crippen LogP contribution in [0.15, 0.2) is 36.4 Å². The molecule has 0 aliphatic carbocycles. The third kappa shape index (κ3) is 3.50. The molecule has 0 aliphatic heterocycles. The molecule has 20 heavy (non-hydrogen) atoms. The predicted octanol–water partition coefficient (Wildman–Crippen LogP) is 4.14. The summed E-state index contributed by atoms with van der Waals surface area (Å²) in [4.78, 5) is 12.0. The summed E-state index contributed by atoms with van der Waals surface area (Å²) in [5, 5.41) is 11.2. The maximum Gasteiger partial charge on any atom is 0.338 e. The van der Waals surface area contributed by atoms with Crippen LogP contribution in [0.25, 0.3) is 10.8 Å². The Bertz CT molecular complexity index is 604. The molecule has 0 heterocycles. The Hall–Kier alpha value is -2.03. The molecule has 1 N–H and O–H groups in total. The van der Waals surface area contributed by atoms with Gasteiger partial charge in [-0.3, -0.25) is 0 Å². The Balaban J connectivity index is 2.08. The van der Waals surface area contributed by atoms with E-state index in [1.165, 1.54) is 0 Å². The summed E-state index contributed by atoms with van der Waals surface area (Å²) >= 11 is 0. The average molecular weight is 272 g/mol. The van der Waals surface area contributed by atoms with E-state index < -0.39 is 0 Å². The first kappa shape index (κ1) is 14.4. The lowest BCUT2D eigenvalue weighted by molar-refractivity contribution is 0.0444. The number of phenolic OH excluding ortho intramolecular Hbond substituents is 1. The van der Waals surface area contributed by atoms with Crippen molar-refractivity contribution in [2.75, 3.05) is 6.61 Å². The Morgan fingerprint density at radius 2 is 1.90 bits per heavy atom. The van der Waals surface area contributed by atoms with E-state index in [0.29, 0.717) is 18.1 Å². The summed E-state index contributed by atoms with van der Waals surface area (Å²) in [7, 11) is 0. The molecule has 2 aromatic carbocycles. The molecule has 0 radical (unpaired) electrons. The Kier molecular flexibility index (Phi) is 4.61. The van der Waals surface area contributed by atoms with Gasteiger partial charge >= 0.3 is 5.97 Å². The van der Waals surface area contributed by atoms with Crippen LogP contribution in [0.1, 0.15) is 37.0 Å². The number of carbonyl (C=O) groups excluding carboxylic acids is 1. The Morgan fingerprint density at radius 1 is 1.20 bits per heavy atom. The molecular weight excluding hydrogens is 252 g/mol. The van der Waals surface area contributed by atoms with Crippen molar-refractivity contribution in [1.29, 1.82) is 0 Å². The van der Waals surface area contributed by atoms with Gasteiger partial charge in [-0.05, 0) is 47.4 Å². The number of aromatic hydroxyl groups is 1. The molecule has 3 nitrogen and oxygen atoms in total. The van der Waals surface area contributed by atoms with Crippen molar-refractivity contribution in [2.45, 2.75) is 26.7 Å².